The summed E-state index contributed by atoms with van der Waals surface area (Å²) in [7, 11) is 0. The minimum Gasteiger partial charge on any atom is -0.335 e. The summed E-state index contributed by atoms with van der Waals surface area (Å²) in [6.45, 7) is 0.530. The standard InChI is InChI=1S/C16H14Cl2N4O/c17-14-5-10(6-15(18)21-14)22-13(8-20-16(22)23)12-7-19-4-3-11(12)9-1-2-9/h3-7,9,13H,1-2,8H2,(H,20,23). The molecular formula is C16H14Cl2N4O. The predicted molar refractivity (Wildman–Crippen MR) is 89.1 cm³/mol. The number of nitrogens with one attached hydrogen (secondary N) is 1. The first-order chi connectivity index (χ1) is 11.1. The summed E-state index contributed by atoms with van der Waals surface area (Å²) in [5.41, 5.74) is 3.00. The van der Waals surface area contributed by atoms with Crippen molar-refractivity contribution >= 4 is 34.9 Å². The Morgan fingerprint density at radius 1 is 1.17 bits per heavy atom. The topological polar surface area (TPSA) is 58.1 Å². The number of urea groups is 1. The van der Waals surface area contributed by atoms with Gasteiger partial charge in [0.1, 0.15) is 10.3 Å². The number of carbonyl (C=O) groups is 1. The predicted octanol–water partition coefficient (Wildman–Crippen LogP) is 3.93. The van der Waals surface area contributed by atoms with Gasteiger partial charge in [0.25, 0.3) is 0 Å². The monoisotopic (exact) mass is 348 g/mol. The van der Waals surface area contributed by atoms with Crippen LogP contribution in [0.1, 0.15) is 35.9 Å². The van der Waals surface area contributed by atoms with Gasteiger partial charge >= 0.3 is 6.03 Å². The molecule has 1 saturated heterocycles. The first kappa shape index (κ1) is 14.7. The molecule has 2 amide bonds. The summed E-state index contributed by atoms with van der Waals surface area (Å²) in [5.74, 6) is 0.579. The lowest BCUT2D eigenvalue weighted by Crippen LogP contribution is -2.30. The molecule has 7 heteroatoms. The van der Waals surface area contributed by atoms with Crippen molar-refractivity contribution in [3.63, 3.8) is 0 Å². The van der Waals surface area contributed by atoms with Crippen molar-refractivity contribution in [2.45, 2.75) is 24.8 Å². The van der Waals surface area contributed by atoms with Crippen LogP contribution in [-0.4, -0.2) is 22.5 Å². The Morgan fingerprint density at radius 2 is 1.91 bits per heavy atom. The van der Waals surface area contributed by atoms with Crippen LogP contribution >= 0.6 is 23.2 Å². The minimum atomic E-state index is -0.168. The molecule has 2 aliphatic rings. The Bertz CT molecular complexity index is 758. The van der Waals surface area contributed by atoms with Crippen molar-refractivity contribution in [2.24, 2.45) is 0 Å². The summed E-state index contributed by atoms with van der Waals surface area (Å²) in [6, 6.07) is 5.07. The lowest BCUT2D eigenvalue weighted by Gasteiger charge is -2.25. The molecule has 1 atom stereocenters. The number of anilines is 1. The molecule has 2 aromatic rings. The van der Waals surface area contributed by atoms with Gasteiger partial charge in [-0.05, 0) is 48.1 Å². The first-order valence-electron chi connectivity index (χ1n) is 7.47. The van der Waals surface area contributed by atoms with Crippen LogP contribution < -0.4 is 10.2 Å². The molecule has 118 valence electrons. The smallest absolute Gasteiger partial charge is 0.322 e. The molecule has 1 aliphatic carbocycles. The number of carbonyl (C=O) groups excluding carboxylic acids is 1. The van der Waals surface area contributed by atoms with Crippen molar-refractivity contribution < 1.29 is 4.79 Å². The third kappa shape index (κ3) is 2.75. The van der Waals surface area contributed by atoms with E-state index in [9.17, 15) is 4.79 Å². The molecule has 23 heavy (non-hydrogen) atoms. The molecule has 3 heterocycles. The van der Waals surface area contributed by atoms with Gasteiger partial charge < -0.3 is 5.32 Å². The fraction of sp³-hybridized carbons (Fsp3) is 0.312. The summed E-state index contributed by atoms with van der Waals surface area (Å²) in [6.07, 6.45) is 6.05. The van der Waals surface area contributed by atoms with E-state index in [1.807, 2.05) is 12.4 Å². The molecule has 4 rings (SSSR count). The van der Waals surface area contributed by atoms with Gasteiger partial charge in [0, 0.05) is 18.9 Å². The first-order valence-corrected chi connectivity index (χ1v) is 8.23. The van der Waals surface area contributed by atoms with Gasteiger partial charge in [-0.15, -0.1) is 0 Å². The molecule has 5 nitrogen and oxygen atoms in total. The number of aromatic nitrogens is 2. The van der Waals surface area contributed by atoms with Gasteiger partial charge in [-0.25, -0.2) is 9.78 Å². The van der Waals surface area contributed by atoms with E-state index < -0.39 is 0 Å². The molecule has 0 radical (unpaired) electrons. The fourth-order valence-corrected chi connectivity index (χ4v) is 3.55. The van der Waals surface area contributed by atoms with E-state index in [1.165, 1.54) is 18.4 Å². The molecule has 0 spiro atoms. The van der Waals surface area contributed by atoms with Crippen LogP contribution in [0, 0.1) is 0 Å². The van der Waals surface area contributed by atoms with Crippen LogP contribution in [0.15, 0.2) is 30.6 Å². The zero-order valence-corrected chi connectivity index (χ0v) is 13.7. The van der Waals surface area contributed by atoms with Crippen LogP contribution in [0.3, 0.4) is 0 Å². The normalized spacial score (nSPS) is 20.7. The molecule has 2 aromatic heterocycles. The van der Waals surface area contributed by atoms with Crippen LogP contribution in [0.4, 0.5) is 10.5 Å². The SMILES string of the molecule is O=C1NCC(c2cnccc2C2CC2)N1c1cc(Cl)nc(Cl)c1. The lowest BCUT2D eigenvalue weighted by molar-refractivity contribution is 0.251. The maximum atomic E-state index is 12.4. The summed E-state index contributed by atoms with van der Waals surface area (Å²) in [4.78, 5) is 22.3. The van der Waals surface area contributed by atoms with Crippen LogP contribution in [0.2, 0.25) is 10.3 Å². The number of nitrogens with zero attached hydrogens (tertiary/aromatic N) is 3. The van der Waals surface area contributed by atoms with Crippen molar-refractivity contribution in [1.82, 2.24) is 15.3 Å². The molecule has 1 unspecified atom stereocenters. The zero-order chi connectivity index (χ0) is 16.0. The average Bonchev–Trinajstić information content (AvgIpc) is 3.29. The molecule has 0 aromatic carbocycles. The Kier molecular flexibility index (Phi) is 3.62. The van der Waals surface area contributed by atoms with Crippen molar-refractivity contribution in [1.29, 1.82) is 0 Å². The average molecular weight is 349 g/mol. The van der Waals surface area contributed by atoms with Gasteiger partial charge in [0.15, 0.2) is 0 Å². The highest BCUT2D eigenvalue weighted by molar-refractivity contribution is 6.33. The van der Waals surface area contributed by atoms with Crippen LogP contribution in [0.5, 0.6) is 0 Å². The van der Waals surface area contributed by atoms with E-state index in [-0.39, 0.29) is 22.4 Å². The zero-order valence-electron chi connectivity index (χ0n) is 12.2. The maximum Gasteiger partial charge on any atom is 0.322 e. The molecule has 0 bridgehead atoms. The second-order valence-electron chi connectivity index (χ2n) is 5.82. The maximum absolute atomic E-state index is 12.4. The highest BCUT2D eigenvalue weighted by atomic mass is 35.5. The molecule has 1 saturated carbocycles. The Labute approximate surface area is 143 Å². The van der Waals surface area contributed by atoms with E-state index in [4.69, 9.17) is 23.2 Å². The number of hydrogen-bond donors (Lipinski definition) is 1. The van der Waals surface area contributed by atoms with E-state index in [1.54, 1.807) is 17.0 Å². The number of halogens is 2. The van der Waals surface area contributed by atoms with E-state index >= 15 is 0 Å². The highest BCUT2D eigenvalue weighted by Gasteiger charge is 2.37. The van der Waals surface area contributed by atoms with E-state index in [2.05, 4.69) is 21.4 Å². The van der Waals surface area contributed by atoms with Crippen LogP contribution in [-0.2, 0) is 0 Å². The molecular weight excluding hydrogens is 335 g/mol. The highest BCUT2D eigenvalue weighted by Crippen LogP contribution is 2.44. The second-order valence-corrected chi connectivity index (χ2v) is 6.60. The molecule has 2 fully saturated rings. The number of amides is 2. The Balaban J connectivity index is 1.77. The summed E-state index contributed by atoms with van der Waals surface area (Å²) in [5, 5.41) is 3.42. The number of hydrogen-bond acceptors (Lipinski definition) is 3. The third-order valence-electron chi connectivity index (χ3n) is 4.27. The fourth-order valence-electron chi connectivity index (χ4n) is 3.10. The minimum absolute atomic E-state index is 0.124. The molecule has 1 aliphatic heterocycles. The number of pyridine rings is 2. The van der Waals surface area contributed by atoms with E-state index in [0.29, 0.717) is 18.2 Å². The van der Waals surface area contributed by atoms with Crippen LogP contribution in [0.25, 0.3) is 0 Å². The van der Waals surface area contributed by atoms with Gasteiger partial charge in [0.2, 0.25) is 0 Å². The van der Waals surface area contributed by atoms with Gasteiger partial charge in [-0.3, -0.25) is 9.88 Å². The number of rotatable bonds is 3. The van der Waals surface area contributed by atoms with E-state index in [0.717, 1.165) is 5.56 Å². The third-order valence-corrected chi connectivity index (χ3v) is 4.65. The Morgan fingerprint density at radius 3 is 2.61 bits per heavy atom. The largest absolute Gasteiger partial charge is 0.335 e. The Hall–Kier alpha value is -1.85. The van der Waals surface area contributed by atoms with Crippen molar-refractivity contribution in [3.05, 3.63) is 52.0 Å². The van der Waals surface area contributed by atoms with Crippen molar-refractivity contribution in [3.8, 4) is 0 Å². The van der Waals surface area contributed by atoms with Gasteiger partial charge in [-0.2, -0.15) is 0 Å². The molecule has 1 N–H and O–H groups in total. The lowest BCUT2D eigenvalue weighted by atomic mass is 9.99. The summed E-state index contributed by atoms with van der Waals surface area (Å²) < 4.78 is 0. The second kappa shape index (κ2) is 5.65. The quantitative estimate of drug-likeness (QED) is 0.854. The summed E-state index contributed by atoms with van der Waals surface area (Å²) >= 11 is 12.0. The van der Waals surface area contributed by atoms with Gasteiger partial charge in [0.05, 0.1) is 11.7 Å². The van der Waals surface area contributed by atoms with Crippen molar-refractivity contribution in [2.75, 3.05) is 11.4 Å². The van der Waals surface area contributed by atoms with Gasteiger partial charge in [-0.1, -0.05) is 23.2 Å².